The van der Waals surface area contributed by atoms with Crippen LogP contribution in [0.25, 0.3) is 20.4 Å². The van der Waals surface area contributed by atoms with Crippen LogP contribution in [0.5, 0.6) is 0 Å². The molecule has 2 N–H and O–H groups in total. The molecule has 0 amide bonds. The number of fused-ring (bicyclic) bond motifs is 2. The van der Waals surface area contributed by atoms with Crippen LogP contribution < -0.4 is 0 Å². The Morgan fingerprint density at radius 1 is 0.418 bits per heavy atom. The van der Waals surface area contributed by atoms with Gasteiger partial charge in [0.25, 0.3) is 0 Å². The third kappa shape index (κ3) is 28.2. The Bertz CT molecular complexity index is 1390. The van der Waals surface area contributed by atoms with Gasteiger partial charge in [-0.1, -0.05) is 205 Å². The molecule has 0 fully saturated rings. The van der Waals surface area contributed by atoms with E-state index in [4.69, 9.17) is 27.5 Å². The number of para-hydroxylation sites is 2. The highest BCUT2D eigenvalue weighted by Gasteiger charge is 2.04. The maximum Gasteiger partial charge on any atom is 0.394 e. The van der Waals surface area contributed by atoms with Crippen molar-refractivity contribution in [3.8, 4) is 0 Å². The zero-order valence-corrected chi connectivity index (χ0v) is 37.1. The lowest BCUT2D eigenvalue weighted by Crippen LogP contribution is -1.89. The molecule has 0 atom stereocenters. The fourth-order valence-electron chi connectivity index (χ4n) is 7.00. The van der Waals surface area contributed by atoms with Gasteiger partial charge in [-0.3, -0.25) is 9.11 Å². The van der Waals surface area contributed by atoms with Gasteiger partial charge in [0.05, 0.1) is 30.4 Å². The number of nitrogens with zero attached hydrogens (tertiary/aromatic N) is 2. The number of thiazole rings is 2. The summed E-state index contributed by atoms with van der Waals surface area (Å²) in [6.45, 7) is 4.59. The third-order valence-electron chi connectivity index (χ3n) is 10.2. The van der Waals surface area contributed by atoms with Gasteiger partial charge in [0.1, 0.15) is 0 Å². The smallest absolute Gasteiger partial charge is 0.264 e. The quantitative estimate of drug-likeness (QED) is 0.0401. The van der Waals surface area contributed by atoms with Crippen molar-refractivity contribution in [1.82, 2.24) is 9.97 Å². The molecule has 2 aromatic carbocycles. The molecule has 0 unspecified atom stereocenters. The Balaban J connectivity index is 0.000000338. The number of aryl methyl sites for hydroxylation is 2. The van der Waals surface area contributed by atoms with E-state index in [0.717, 1.165) is 12.8 Å². The number of unbranched alkanes of at least 4 members (excludes halogenated alkanes) is 26. The normalized spacial score (nSPS) is 11.4. The van der Waals surface area contributed by atoms with Crippen LogP contribution in [0.1, 0.15) is 204 Å². The van der Waals surface area contributed by atoms with Gasteiger partial charge in [-0.25, -0.2) is 9.97 Å². The first-order chi connectivity index (χ1) is 26.8. The van der Waals surface area contributed by atoms with E-state index in [-0.39, 0.29) is 0 Å². The van der Waals surface area contributed by atoms with Crippen molar-refractivity contribution < 1.29 is 17.5 Å². The molecule has 0 aliphatic rings. The number of hydrogen-bond donors (Lipinski definition) is 2. The molecular weight excluding hydrogens is 741 g/mol. The molecule has 4 aromatic rings. The molecule has 2 heterocycles. The molecule has 9 heteroatoms. The average molecular weight is 817 g/mol. The van der Waals surface area contributed by atoms with E-state index in [1.807, 2.05) is 22.7 Å². The summed E-state index contributed by atoms with van der Waals surface area (Å²) in [4.78, 5) is 9.46. The van der Waals surface area contributed by atoms with Gasteiger partial charge >= 0.3 is 10.4 Å². The number of hydrogen-bond acceptors (Lipinski definition) is 6. The van der Waals surface area contributed by atoms with Crippen LogP contribution in [-0.2, 0) is 23.2 Å². The fraction of sp³-hybridized carbons (Fsp3) is 0.696. The van der Waals surface area contributed by atoms with E-state index in [1.165, 1.54) is 210 Å². The predicted molar refractivity (Wildman–Crippen MR) is 241 cm³/mol. The molecular formula is C46H76N2O4S3. The summed E-state index contributed by atoms with van der Waals surface area (Å²) < 4.78 is 34.3. The minimum absolute atomic E-state index is 1.16. The monoisotopic (exact) mass is 816 g/mol. The highest BCUT2D eigenvalue weighted by atomic mass is 32.3. The highest BCUT2D eigenvalue weighted by Crippen LogP contribution is 2.24. The van der Waals surface area contributed by atoms with E-state index < -0.39 is 10.4 Å². The molecule has 0 saturated heterocycles. The highest BCUT2D eigenvalue weighted by molar-refractivity contribution is 7.79. The van der Waals surface area contributed by atoms with Gasteiger partial charge in [-0.05, 0) is 49.9 Å². The van der Waals surface area contributed by atoms with Crippen LogP contribution in [0, 0.1) is 0 Å². The Hall–Kier alpha value is -1.91. The second-order valence-electron chi connectivity index (χ2n) is 15.3. The first-order valence-corrected chi connectivity index (χ1v) is 25.2. The molecule has 0 bridgehead atoms. The van der Waals surface area contributed by atoms with Gasteiger partial charge in [0, 0.05) is 0 Å². The average Bonchev–Trinajstić information content (AvgIpc) is 3.78. The maximum atomic E-state index is 8.74. The predicted octanol–water partition coefficient (Wildman–Crippen LogP) is 16.0. The zero-order valence-electron chi connectivity index (χ0n) is 34.7. The Kier molecular flexibility index (Phi) is 29.6. The second-order valence-corrected chi connectivity index (χ2v) is 18.4. The molecule has 0 spiro atoms. The van der Waals surface area contributed by atoms with Crippen molar-refractivity contribution >= 4 is 53.5 Å². The van der Waals surface area contributed by atoms with Gasteiger partial charge in [0.15, 0.2) is 0 Å². The minimum atomic E-state index is -4.67. The summed E-state index contributed by atoms with van der Waals surface area (Å²) >= 11 is 3.74. The molecule has 312 valence electrons. The maximum absolute atomic E-state index is 8.74. The summed E-state index contributed by atoms with van der Waals surface area (Å²) in [7, 11) is -4.67. The van der Waals surface area contributed by atoms with E-state index in [1.54, 1.807) is 0 Å². The first-order valence-electron chi connectivity index (χ1n) is 22.2. The topological polar surface area (TPSA) is 100 Å². The van der Waals surface area contributed by atoms with Crippen molar-refractivity contribution in [2.24, 2.45) is 0 Å². The number of aromatic nitrogens is 2. The lowest BCUT2D eigenvalue weighted by Gasteiger charge is -2.03. The molecule has 6 nitrogen and oxygen atoms in total. The van der Waals surface area contributed by atoms with E-state index in [2.05, 4.69) is 62.4 Å². The molecule has 0 aliphatic heterocycles. The van der Waals surface area contributed by atoms with Crippen LogP contribution in [-0.4, -0.2) is 27.5 Å². The third-order valence-corrected chi connectivity index (χ3v) is 12.4. The van der Waals surface area contributed by atoms with Crippen LogP contribution in [0.2, 0.25) is 0 Å². The van der Waals surface area contributed by atoms with Gasteiger partial charge in [0.2, 0.25) is 0 Å². The van der Waals surface area contributed by atoms with Crippen LogP contribution >= 0.6 is 22.7 Å². The molecule has 55 heavy (non-hydrogen) atoms. The summed E-state index contributed by atoms with van der Waals surface area (Å²) in [5.41, 5.74) is 2.35. The van der Waals surface area contributed by atoms with Crippen molar-refractivity contribution in [1.29, 1.82) is 0 Å². The first kappa shape index (κ1) is 49.2. The SMILES string of the molecule is CCCCCCCCCCCCCCCCc1nc2ccccc2s1.CCCCCCCCCCCCCCCCc1nc2ccccc2s1.O=S(=O)(O)O. The van der Waals surface area contributed by atoms with Crippen molar-refractivity contribution in [2.75, 3.05) is 0 Å². The molecule has 0 aliphatic carbocycles. The summed E-state index contributed by atoms with van der Waals surface area (Å²) in [6, 6.07) is 17.0. The zero-order chi connectivity index (χ0) is 39.7. The van der Waals surface area contributed by atoms with E-state index in [0.29, 0.717) is 0 Å². The lowest BCUT2D eigenvalue weighted by molar-refractivity contribution is 0.381. The standard InChI is InChI=1S/2C23H37NS.H2O4S/c2*1-2-3-4-5-6-7-8-9-10-11-12-13-14-15-20-23-24-21-18-16-17-19-22(21)25-23;1-5(2,3)4/h2*16-19H,2-15,20H2,1H3;(H2,1,2,3,4). The van der Waals surface area contributed by atoms with Crippen LogP contribution in [0.3, 0.4) is 0 Å². The van der Waals surface area contributed by atoms with Crippen molar-refractivity contribution in [3.63, 3.8) is 0 Å². The fourth-order valence-corrected chi connectivity index (χ4v) is 9.01. The largest absolute Gasteiger partial charge is 0.394 e. The molecule has 4 rings (SSSR count). The van der Waals surface area contributed by atoms with Gasteiger partial charge in [-0.2, -0.15) is 8.42 Å². The summed E-state index contributed by atoms with van der Waals surface area (Å²) in [5.74, 6) is 0. The second kappa shape index (κ2) is 33.1. The summed E-state index contributed by atoms with van der Waals surface area (Å²) in [6.07, 6.45) is 42.2. The van der Waals surface area contributed by atoms with Crippen molar-refractivity contribution in [3.05, 3.63) is 58.5 Å². The van der Waals surface area contributed by atoms with E-state index in [9.17, 15) is 0 Å². The molecule has 2 aromatic heterocycles. The number of rotatable bonds is 30. The Labute approximate surface area is 344 Å². The summed E-state index contributed by atoms with van der Waals surface area (Å²) in [5, 5.41) is 2.64. The van der Waals surface area contributed by atoms with Gasteiger partial charge < -0.3 is 0 Å². The molecule has 0 radical (unpaired) electrons. The van der Waals surface area contributed by atoms with Crippen LogP contribution in [0.4, 0.5) is 0 Å². The van der Waals surface area contributed by atoms with Crippen molar-refractivity contribution in [2.45, 2.75) is 206 Å². The number of benzene rings is 2. The Morgan fingerprint density at radius 3 is 0.909 bits per heavy atom. The van der Waals surface area contributed by atoms with E-state index >= 15 is 0 Å². The van der Waals surface area contributed by atoms with Crippen LogP contribution in [0.15, 0.2) is 48.5 Å². The Morgan fingerprint density at radius 2 is 0.655 bits per heavy atom. The minimum Gasteiger partial charge on any atom is -0.264 e. The molecule has 0 saturated carbocycles. The lowest BCUT2D eigenvalue weighted by atomic mass is 10.0. The van der Waals surface area contributed by atoms with Gasteiger partial charge in [-0.15, -0.1) is 22.7 Å².